The van der Waals surface area contributed by atoms with E-state index in [9.17, 15) is 14.9 Å². The standard InChI is InChI=1S/C14H11N3O4/c1-7-12-10(5-6-15-7)9-3-4-11(21-8(2)18)14(17(19)20)13(9)16-12/h3-6,16H,1-2H3. The summed E-state index contributed by atoms with van der Waals surface area (Å²) in [4.78, 5) is 29.1. The van der Waals surface area contributed by atoms with Crippen LogP contribution < -0.4 is 4.74 Å². The second-order valence-electron chi connectivity index (χ2n) is 4.63. The third-order valence-corrected chi connectivity index (χ3v) is 3.26. The van der Waals surface area contributed by atoms with Crippen molar-refractivity contribution in [2.75, 3.05) is 0 Å². The number of nitrogens with zero attached hydrogens (tertiary/aromatic N) is 2. The number of nitro groups is 1. The van der Waals surface area contributed by atoms with E-state index >= 15 is 0 Å². The van der Waals surface area contributed by atoms with Crippen LogP contribution >= 0.6 is 0 Å². The largest absolute Gasteiger partial charge is 0.419 e. The van der Waals surface area contributed by atoms with E-state index in [1.807, 2.05) is 6.92 Å². The van der Waals surface area contributed by atoms with Gasteiger partial charge in [0, 0.05) is 23.9 Å². The lowest BCUT2D eigenvalue weighted by atomic mass is 10.1. The van der Waals surface area contributed by atoms with Crippen molar-refractivity contribution in [2.24, 2.45) is 0 Å². The summed E-state index contributed by atoms with van der Waals surface area (Å²) in [6, 6.07) is 4.92. The molecule has 7 heteroatoms. The van der Waals surface area contributed by atoms with E-state index in [1.165, 1.54) is 13.0 Å². The molecular weight excluding hydrogens is 274 g/mol. The van der Waals surface area contributed by atoms with E-state index in [0.29, 0.717) is 10.9 Å². The van der Waals surface area contributed by atoms with Crippen LogP contribution in [-0.2, 0) is 4.79 Å². The molecule has 1 N–H and O–H groups in total. The number of carbonyl (C=O) groups excluding carboxylic acids is 1. The lowest BCUT2D eigenvalue weighted by Gasteiger charge is -2.03. The Bertz CT molecular complexity index is 898. The molecule has 2 aromatic heterocycles. The van der Waals surface area contributed by atoms with Gasteiger partial charge in [-0.1, -0.05) is 0 Å². The number of carbonyl (C=O) groups is 1. The zero-order valence-electron chi connectivity index (χ0n) is 11.3. The molecule has 0 spiro atoms. The van der Waals surface area contributed by atoms with Gasteiger partial charge in [-0.15, -0.1) is 0 Å². The summed E-state index contributed by atoms with van der Waals surface area (Å²) in [5.74, 6) is -0.677. The van der Waals surface area contributed by atoms with Gasteiger partial charge in [-0.3, -0.25) is 19.9 Å². The van der Waals surface area contributed by atoms with Gasteiger partial charge in [0.15, 0.2) is 0 Å². The highest BCUT2D eigenvalue weighted by molar-refractivity contribution is 6.11. The zero-order chi connectivity index (χ0) is 15.1. The number of hydrogen-bond acceptors (Lipinski definition) is 5. The van der Waals surface area contributed by atoms with Crippen molar-refractivity contribution < 1.29 is 14.5 Å². The molecule has 0 fully saturated rings. The summed E-state index contributed by atoms with van der Waals surface area (Å²) >= 11 is 0. The van der Waals surface area contributed by atoms with E-state index in [1.54, 1.807) is 18.3 Å². The van der Waals surface area contributed by atoms with Crippen molar-refractivity contribution in [3.63, 3.8) is 0 Å². The minimum atomic E-state index is -0.605. The summed E-state index contributed by atoms with van der Waals surface area (Å²) < 4.78 is 4.92. The fraction of sp³-hybridized carbons (Fsp3) is 0.143. The summed E-state index contributed by atoms with van der Waals surface area (Å²) in [6.45, 7) is 3.02. The van der Waals surface area contributed by atoms with Crippen molar-refractivity contribution >= 4 is 33.5 Å². The van der Waals surface area contributed by atoms with Crippen LogP contribution in [0.2, 0.25) is 0 Å². The number of rotatable bonds is 2. The van der Waals surface area contributed by atoms with Crippen LogP contribution in [0.4, 0.5) is 5.69 Å². The maximum atomic E-state index is 11.4. The SMILES string of the molecule is CC(=O)Oc1ccc2c([nH]c3c(C)nccc32)c1[N+](=O)[O-]. The molecule has 7 nitrogen and oxygen atoms in total. The Morgan fingerprint density at radius 2 is 2.00 bits per heavy atom. The highest BCUT2D eigenvalue weighted by Crippen LogP contribution is 2.38. The monoisotopic (exact) mass is 285 g/mol. The molecule has 0 aliphatic heterocycles. The predicted octanol–water partition coefficient (Wildman–Crippen LogP) is 2.86. The first kappa shape index (κ1) is 13.0. The lowest BCUT2D eigenvalue weighted by Crippen LogP contribution is -2.04. The van der Waals surface area contributed by atoms with Gasteiger partial charge >= 0.3 is 11.7 Å². The molecule has 0 saturated heterocycles. The van der Waals surface area contributed by atoms with Crippen molar-refractivity contribution in [3.8, 4) is 5.75 Å². The second kappa shape index (κ2) is 4.55. The molecule has 106 valence electrons. The van der Waals surface area contributed by atoms with Gasteiger partial charge in [-0.25, -0.2) is 0 Å². The zero-order valence-corrected chi connectivity index (χ0v) is 11.3. The number of hydrogen-bond donors (Lipinski definition) is 1. The summed E-state index contributed by atoms with van der Waals surface area (Å²) in [7, 11) is 0. The number of ether oxygens (including phenoxy) is 1. The van der Waals surface area contributed by atoms with Gasteiger partial charge in [0.05, 0.1) is 16.1 Å². The number of H-pyrrole nitrogens is 1. The van der Waals surface area contributed by atoms with Gasteiger partial charge in [-0.05, 0) is 25.1 Å². The molecule has 0 atom stereocenters. The van der Waals surface area contributed by atoms with Gasteiger partial charge in [0.1, 0.15) is 5.52 Å². The highest BCUT2D eigenvalue weighted by atomic mass is 16.6. The molecule has 3 rings (SSSR count). The van der Waals surface area contributed by atoms with E-state index in [4.69, 9.17) is 4.74 Å². The Morgan fingerprint density at radius 3 is 2.67 bits per heavy atom. The van der Waals surface area contributed by atoms with Crippen LogP contribution in [-0.4, -0.2) is 20.9 Å². The Hall–Kier alpha value is -2.96. The van der Waals surface area contributed by atoms with Crippen molar-refractivity contribution in [1.82, 2.24) is 9.97 Å². The van der Waals surface area contributed by atoms with Crippen LogP contribution in [0, 0.1) is 17.0 Å². The molecule has 21 heavy (non-hydrogen) atoms. The van der Waals surface area contributed by atoms with E-state index in [-0.39, 0.29) is 11.4 Å². The lowest BCUT2D eigenvalue weighted by molar-refractivity contribution is -0.384. The number of nitrogens with one attached hydrogen (secondary N) is 1. The summed E-state index contributed by atoms with van der Waals surface area (Å²) in [6.07, 6.45) is 1.65. The normalized spacial score (nSPS) is 11.0. The first-order valence-electron chi connectivity index (χ1n) is 6.22. The minimum absolute atomic E-state index is 0.0721. The van der Waals surface area contributed by atoms with Crippen LogP contribution in [0.5, 0.6) is 5.75 Å². The maximum absolute atomic E-state index is 11.4. The topological polar surface area (TPSA) is 98.1 Å². The van der Waals surface area contributed by atoms with Crippen molar-refractivity contribution in [1.29, 1.82) is 0 Å². The van der Waals surface area contributed by atoms with Crippen LogP contribution in [0.1, 0.15) is 12.6 Å². The van der Waals surface area contributed by atoms with E-state index in [0.717, 1.165) is 16.6 Å². The Kier molecular flexibility index (Phi) is 2.83. The average Bonchev–Trinajstić information content (AvgIpc) is 2.77. The fourth-order valence-corrected chi connectivity index (χ4v) is 2.42. The Morgan fingerprint density at radius 1 is 1.29 bits per heavy atom. The number of aromatic nitrogens is 2. The van der Waals surface area contributed by atoms with Crippen LogP contribution in [0.15, 0.2) is 24.4 Å². The second-order valence-corrected chi connectivity index (χ2v) is 4.63. The molecule has 0 unspecified atom stereocenters. The number of esters is 1. The number of nitro benzene ring substituents is 1. The predicted molar refractivity (Wildman–Crippen MR) is 76.3 cm³/mol. The van der Waals surface area contributed by atoms with Gasteiger partial charge < -0.3 is 9.72 Å². The van der Waals surface area contributed by atoms with Crippen molar-refractivity contribution in [2.45, 2.75) is 13.8 Å². The molecule has 0 radical (unpaired) electrons. The van der Waals surface area contributed by atoms with E-state index < -0.39 is 10.9 Å². The number of pyridine rings is 1. The first-order chi connectivity index (χ1) is 9.99. The average molecular weight is 285 g/mol. The fourth-order valence-electron chi connectivity index (χ4n) is 2.42. The van der Waals surface area contributed by atoms with Gasteiger partial charge in [-0.2, -0.15) is 0 Å². The summed E-state index contributed by atoms with van der Waals surface area (Å²) in [5, 5.41) is 12.9. The molecule has 2 heterocycles. The maximum Gasteiger partial charge on any atom is 0.335 e. The number of fused-ring (bicyclic) bond motifs is 3. The van der Waals surface area contributed by atoms with Crippen LogP contribution in [0.25, 0.3) is 21.8 Å². The third-order valence-electron chi connectivity index (χ3n) is 3.26. The smallest absolute Gasteiger partial charge is 0.335 e. The quantitative estimate of drug-likeness (QED) is 0.338. The van der Waals surface area contributed by atoms with Gasteiger partial charge in [0.2, 0.25) is 5.75 Å². The summed E-state index contributed by atoms with van der Waals surface area (Å²) in [5.41, 5.74) is 1.55. The molecule has 0 amide bonds. The molecule has 3 aromatic rings. The van der Waals surface area contributed by atoms with Gasteiger partial charge in [0.25, 0.3) is 0 Å². The molecule has 0 bridgehead atoms. The Labute approximate surface area is 118 Å². The van der Waals surface area contributed by atoms with Crippen LogP contribution in [0.3, 0.4) is 0 Å². The number of benzene rings is 1. The number of aromatic amines is 1. The third kappa shape index (κ3) is 1.99. The first-order valence-corrected chi connectivity index (χ1v) is 6.22. The Balaban J connectivity index is 2.42. The molecule has 1 aromatic carbocycles. The molecule has 0 aliphatic rings. The molecule has 0 saturated carbocycles. The molecular formula is C14H11N3O4. The number of aryl methyl sites for hydroxylation is 1. The molecule has 0 aliphatic carbocycles. The minimum Gasteiger partial charge on any atom is -0.419 e. The van der Waals surface area contributed by atoms with Crippen molar-refractivity contribution in [3.05, 3.63) is 40.2 Å². The highest BCUT2D eigenvalue weighted by Gasteiger charge is 2.24. The van der Waals surface area contributed by atoms with E-state index in [2.05, 4.69) is 9.97 Å².